The minimum absolute atomic E-state index is 0.0162. The number of aryl methyl sites for hydroxylation is 1. The fraction of sp³-hybridized carbons (Fsp3) is 0.364. The van der Waals surface area contributed by atoms with Crippen molar-refractivity contribution in [2.24, 2.45) is 10.6 Å². The van der Waals surface area contributed by atoms with E-state index >= 15 is 0 Å². The number of thioether (sulfide) groups is 1. The standard InChI is InChI=1S/C22H24N6O8S3/c1-3-35-26-14(16-25-21(23)38-27-16)17(29)24-15-18(30)28-10-22(20(31)32,11-37-19(15)28)8-9-36-39(33,34)13-6-4-12(2)5-7-13/h4-9,15,19H,3,10-11H2,1-2H3,(H,24,29)(H,31,32)(H2,23,25,27)/t15?,19-,22?/m1/s1. The molecule has 17 heteroatoms. The number of amides is 2. The molecule has 4 rings (SSSR count). The number of carboxylic acids is 1. The molecule has 1 aromatic carbocycles. The highest BCUT2D eigenvalue weighted by Crippen LogP contribution is 2.43. The number of nitrogens with zero attached hydrogens (tertiary/aromatic N) is 4. The number of nitrogens with one attached hydrogen (secondary N) is 1. The number of β-lactam (4-membered cyclic amide) rings is 1. The van der Waals surface area contributed by atoms with Crippen molar-refractivity contribution in [3.05, 3.63) is 48.0 Å². The second kappa shape index (κ2) is 11.2. The molecule has 2 aromatic rings. The quantitative estimate of drug-likeness (QED) is 0.113. The third-order valence-electron chi connectivity index (χ3n) is 5.85. The molecule has 2 aliphatic rings. The molecule has 0 spiro atoms. The van der Waals surface area contributed by atoms with Crippen molar-refractivity contribution in [1.82, 2.24) is 19.6 Å². The van der Waals surface area contributed by atoms with Gasteiger partial charge in [-0.1, -0.05) is 22.9 Å². The highest BCUT2D eigenvalue weighted by atomic mass is 32.2. The van der Waals surface area contributed by atoms with Gasteiger partial charge >= 0.3 is 16.1 Å². The zero-order valence-electron chi connectivity index (χ0n) is 20.6. The minimum atomic E-state index is -4.16. The van der Waals surface area contributed by atoms with Gasteiger partial charge < -0.3 is 30.1 Å². The zero-order valence-corrected chi connectivity index (χ0v) is 23.1. The summed E-state index contributed by atoms with van der Waals surface area (Å²) in [6.07, 6.45) is 1.94. The summed E-state index contributed by atoms with van der Waals surface area (Å²) in [6, 6.07) is 5.01. The van der Waals surface area contributed by atoms with Gasteiger partial charge in [-0.05, 0) is 32.1 Å². The molecular formula is C22H24N6O8S3. The van der Waals surface area contributed by atoms with Crippen LogP contribution in [0.3, 0.4) is 0 Å². The number of fused-ring (bicyclic) bond motifs is 1. The van der Waals surface area contributed by atoms with E-state index in [1.807, 2.05) is 0 Å². The van der Waals surface area contributed by atoms with Crippen molar-refractivity contribution >= 4 is 62.0 Å². The van der Waals surface area contributed by atoms with E-state index in [1.54, 1.807) is 26.0 Å². The van der Waals surface area contributed by atoms with Gasteiger partial charge in [-0.2, -0.15) is 17.8 Å². The normalized spacial score (nSPS) is 23.2. The van der Waals surface area contributed by atoms with E-state index in [-0.39, 0.29) is 40.5 Å². The molecule has 2 amide bonds. The number of carbonyl (C=O) groups excluding carboxylic acids is 2. The van der Waals surface area contributed by atoms with Gasteiger partial charge in [0.1, 0.15) is 34.6 Å². The number of hydrogen-bond donors (Lipinski definition) is 3. The number of carboxylic acid groups (broad SMARTS) is 1. The number of carbonyl (C=O) groups is 3. The Morgan fingerprint density at radius 3 is 2.69 bits per heavy atom. The van der Waals surface area contributed by atoms with E-state index in [4.69, 9.17) is 14.8 Å². The van der Waals surface area contributed by atoms with Crippen LogP contribution in [-0.2, 0) is 33.5 Å². The van der Waals surface area contributed by atoms with Crippen molar-refractivity contribution in [2.75, 3.05) is 24.6 Å². The molecule has 0 saturated carbocycles. The van der Waals surface area contributed by atoms with E-state index in [0.29, 0.717) is 0 Å². The van der Waals surface area contributed by atoms with E-state index in [2.05, 4.69) is 19.8 Å². The molecule has 0 aliphatic carbocycles. The molecule has 39 heavy (non-hydrogen) atoms. The summed E-state index contributed by atoms with van der Waals surface area (Å²) in [6.45, 7) is 3.39. The summed E-state index contributed by atoms with van der Waals surface area (Å²) >= 11 is 1.98. The molecule has 2 aliphatic heterocycles. The molecule has 3 heterocycles. The summed E-state index contributed by atoms with van der Waals surface area (Å²) in [7, 11) is -4.16. The van der Waals surface area contributed by atoms with Crippen molar-refractivity contribution in [3.8, 4) is 0 Å². The summed E-state index contributed by atoms with van der Waals surface area (Å²) in [5.74, 6) is -2.62. The molecule has 2 unspecified atom stereocenters. The summed E-state index contributed by atoms with van der Waals surface area (Å²) in [5.41, 5.74) is 4.58. The first-order valence-electron chi connectivity index (χ1n) is 11.4. The molecule has 2 fully saturated rings. The Kier molecular flexibility index (Phi) is 8.12. The smallest absolute Gasteiger partial charge is 0.338 e. The lowest BCUT2D eigenvalue weighted by atomic mass is 9.87. The fourth-order valence-corrected chi connectivity index (χ4v) is 6.47. The van der Waals surface area contributed by atoms with Gasteiger partial charge in [0.2, 0.25) is 17.4 Å². The Morgan fingerprint density at radius 1 is 1.36 bits per heavy atom. The largest absolute Gasteiger partial charge is 0.481 e. The first-order chi connectivity index (χ1) is 18.5. The van der Waals surface area contributed by atoms with Crippen molar-refractivity contribution in [2.45, 2.75) is 30.2 Å². The second-order valence-corrected chi connectivity index (χ2v) is 12.0. The maximum atomic E-state index is 12.9. The zero-order chi connectivity index (χ0) is 28.4. The number of anilines is 1. The van der Waals surface area contributed by atoms with Crippen LogP contribution in [0, 0.1) is 12.3 Å². The Morgan fingerprint density at radius 2 is 2.08 bits per heavy atom. The molecule has 4 N–H and O–H groups in total. The van der Waals surface area contributed by atoms with Gasteiger partial charge in [-0.3, -0.25) is 14.4 Å². The monoisotopic (exact) mass is 596 g/mol. The lowest BCUT2D eigenvalue weighted by molar-refractivity contribution is -0.156. The van der Waals surface area contributed by atoms with Crippen molar-refractivity contribution in [3.63, 3.8) is 0 Å². The molecule has 1 aromatic heterocycles. The van der Waals surface area contributed by atoms with Gasteiger partial charge in [-0.25, -0.2) is 0 Å². The van der Waals surface area contributed by atoms with Gasteiger partial charge in [-0.15, -0.1) is 11.8 Å². The Balaban J connectivity index is 1.44. The predicted molar refractivity (Wildman–Crippen MR) is 141 cm³/mol. The summed E-state index contributed by atoms with van der Waals surface area (Å²) in [5, 5.41) is 15.8. The maximum absolute atomic E-state index is 12.9. The predicted octanol–water partition coefficient (Wildman–Crippen LogP) is 0.559. The lowest BCUT2D eigenvalue weighted by Gasteiger charge is -2.53. The van der Waals surface area contributed by atoms with Crippen LogP contribution in [0.25, 0.3) is 0 Å². The first kappa shape index (κ1) is 28.3. The number of hydrogen-bond acceptors (Lipinski definition) is 13. The highest BCUT2D eigenvalue weighted by Gasteiger charge is 2.57. The van der Waals surface area contributed by atoms with Crippen LogP contribution >= 0.6 is 23.3 Å². The summed E-state index contributed by atoms with van der Waals surface area (Å²) < 4.78 is 33.8. The number of nitrogens with two attached hydrogens (primary N) is 1. The number of nitrogen functional groups attached to an aromatic ring is 1. The molecule has 208 valence electrons. The van der Waals surface area contributed by atoms with Crippen LogP contribution in [0.15, 0.2) is 46.7 Å². The number of benzene rings is 1. The molecule has 2 saturated heterocycles. The highest BCUT2D eigenvalue weighted by molar-refractivity contribution is 8.00. The SMILES string of the molecule is CCON=C(C(=O)NC1C(=O)N2CC(C=COS(=O)(=O)c3ccc(C)cc3)(C(=O)O)CS[C@H]12)c1nsc(N)n1. The van der Waals surface area contributed by atoms with Crippen molar-refractivity contribution in [1.29, 1.82) is 0 Å². The molecular weight excluding hydrogens is 572 g/mol. The number of rotatable bonds is 10. The lowest BCUT2D eigenvalue weighted by Crippen LogP contribution is -2.73. The van der Waals surface area contributed by atoms with Crippen LogP contribution in [-0.4, -0.2) is 81.6 Å². The first-order valence-corrected chi connectivity index (χ1v) is 14.6. The van der Waals surface area contributed by atoms with Gasteiger partial charge in [0.25, 0.3) is 5.91 Å². The number of aromatic nitrogens is 2. The van der Waals surface area contributed by atoms with Gasteiger partial charge in [0, 0.05) is 23.8 Å². The van der Waals surface area contributed by atoms with Crippen LogP contribution in [0.2, 0.25) is 0 Å². The Hall–Kier alpha value is -3.70. The van der Waals surface area contributed by atoms with Crippen LogP contribution in [0.1, 0.15) is 18.3 Å². The molecule has 3 atom stereocenters. The van der Waals surface area contributed by atoms with E-state index in [0.717, 1.165) is 41.2 Å². The van der Waals surface area contributed by atoms with Gasteiger partial charge in [0.15, 0.2) is 5.13 Å². The third-order valence-corrected chi connectivity index (χ3v) is 9.16. The van der Waals surface area contributed by atoms with Crippen LogP contribution in [0.4, 0.5) is 5.13 Å². The number of oxime groups is 1. The van der Waals surface area contributed by atoms with E-state index in [9.17, 15) is 27.9 Å². The Bertz CT molecular complexity index is 1440. The number of aliphatic carboxylic acids is 1. The molecule has 0 bridgehead atoms. The van der Waals surface area contributed by atoms with Crippen molar-refractivity contribution < 1.29 is 36.9 Å². The average molecular weight is 597 g/mol. The van der Waals surface area contributed by atoms with Crippen LogP contribution < -0.4 is 11.1 Å². The molecule has 0 radical (unpaired) electrons. The van der Waals surface area contributed by atoms with Gasteiger partial charge in [0.05, 0.1) is 0 Å². The molecule has 14 nitrogen and oxygen atoms in total. The van der Waals surface area contributed by atoms with Crippen LogP contribution in [0.5, 0.6) is 0 Å². The third kappa shape index (κ3) is 5.84. The second-order valence-electron chi connectivity index (χ2n) is 8.56. The van der Waals surface area contributed by atoms with E-state index < -0.39 is 44.7 Å². The fourth-order valence-electron chi connectivity index (χ4n) is 3.74. The summed E-state index contributed by atoms with van der Waals surface area (Å²) in [4.78, 5) is 48.1. The average Bonchev–Trinajstić information content (AvgIpc) is 3.33. The Labute approximate surface area is 231 Å². The minimum Gasteiger partial charge on any atom is -0.481 e. The van der Waals surface area contributed by atoms with E-state index in [1.165, 1.54) is 17.0 Å². The maximum Gasteiger partial charge on any atom is 0.338 e. The topological polar surface area (TPSA) is 203 Å².